The molecule has 1 aliphatic rings. The van der Waals surface area contributed by atoms with Crippen LogP contribution >= 0.6 is 0 Å². The number of aromatic nitrogens is 2. The molecule has 2 rings (SSSR count). The molecule has 1 amide bonds. The molecule has 0 spiro atoms. The summed E-state index contributed by atoms with van der Waals surface area (Å²) in [5.74, 6) is 1.27. The molecular formula is C15H24N4O2. The number of anilines is 2. The molecule has 6 heteroatoms. The lowest BCUT2D eigenvalue weighted by molar-refractivity contribution is 0.0635. The van der Waals surface area contributed by atoms with Gasteiger partial charge in [0.05, 0.1) is 0 Å². The summed E-state index contributed by atoms with van der Waals surface area (Å²) < 4.78 is 5.18. The maximum absolute atomic E-state index is 11.6. The predicted octanol–water partition coefficient (Wildman–Crippen LogP) is 3.20. The van der Waals surface area contributed by atoms with Crippen LogP contribution in [0, 0.1) is 0 Å². The Kier molecular flexibility index (Phi) is 4.98. The van der Waals surface area contributed by atoms with Crippen molar-refractivity contribution in [3.8, 4) is 0 Å². The van der Waals surface area contributed by atoms with Gasteiger partial charge in [0.2, 0.25) is 0 Å². The summed E-state index contributed by atoms with van der Waals surface area (Å²) >= 11 is 0. The Balaban J connectivity index is 1.93. The Morgan fingerprint density at radius 2 is 1.81 bits per heavy atom. The predicted molar refractivity (Wildman–Crippen MR) is 82.6 cm³/mol. The Labute approximate surface area is 125 Å². The summed E-state index contributed by atoms with van der Waals surface area (Å²) in [7, 11) is 0. The van der Waals surface area contributed by atoms with Gasteiger partial charge in [-0.1, -0.05) is 12.8 Å². The molecule has 0 aromatic carbocycles. The van der Waals surface area contributed by atoms with E-state index in [1.807, 2.05) is 26.8 Å². The van der Waals surface area contributed by atoms with Crippen LogP contribution in [-0.4, -0.2) is 35.0 Å². The first kappa shape index (κ1) is 15.5. The molecule has 0 aliphatic carbocycles. The summed E-state index contributed by atoms with van der Waals surface area (Å²) in [5, 5.41) is 10.8. The Bertz CT molecular complexity index is 460. The van der Waals surface area contributed by atoms with Gasteiger partial charge in [-0.15, -0.1) is 10.2 Å². The second kappa shape index (κ2) is 6.74. The fourth-order valence-corrected chi connectivity index (χ4v) is 2.27. The molecule has 0 saturated carbocycles. The average molecular weight is 292 g/mol. The van der Waals surface area contributed by atoms with Crippen LogP contribution in [-0.2, 0) is 4.74 Å². The van der Waals surface area contributed by atoms with Crippen molar-refractivity contribution in [2.75, 3.05) is 23.3 Å². The molecule has 6 nitrogen and oxygen atoms in total. The van der Waals surface area contributed by atoms with Crippen molar-refractivity contribution in [3.05, 3.63) is 12.1 Å². The van der Waals surface area contributed by atoms with E-state index in [2.05, 4.69) is 20.4 Å². The van der Waals surface area contributed by atoms with Crippen LogP contribution in [0.4, 0.5) is 16.4 Å². The highest BCUT2D eigenvalue weighted by molar-refractivity contribution is 5.83. The molecular weight excluding hydrogens is 268 g/mol. The first-order chi connectivity index (χ1) is 9.94. The lowest BCUT2D eigenvalue weighted by Crippen LogP contribution is -2.28. The third-order valence-corrected chi connectivity index (χ3v) is 3.21. The topological polar surface area (TPSA) is 67.3 Å². The Hall–Kier alpha value is -1.85. The van der Waals surface area contributed by atoms with Crippen molar-refractivity contribution in [2.24, 2.45) is 0 Å². The highest BCUT2D eigenvalue weighted by Crippen LogP contribution is 2.17. The van der Waals surface area contributed by atoms with Crippen molar-refractivity contribution in [1.29, 1.82) is 0 Å². The molecule has 0 radical (unpaired) electrons. The number of hydrogen-bond acceptors (Lipinski definition) is 5. The van der Waals surface area contributed by atoms with Gasteiger partial charge in [-0.3, -0.25) is 5.32 Å². The van der Waals surface area contributed by atoms with Crippen molar-refractivity contribution in [3.63, 3.8) is 0 Å². The van der Waals surface area contributed by atoms with Crippen LogP contribution < -0.4 is 10.2 Å². The van der Waals surface area contributed by atoms with E-state index < -0.39 is 11.7 Å². The minimum absolute atomic E-state index is 0.405. The normalized spacial score (nSPS) is 16.2. The summed E-state index contributed by atoms with van der Waals surface area (Å²) in [6, 6.07) is 3.65. The number of nitrogens with one attached hydrogen (secondary N) is 1. The third-order valence-electron chi connectivity index (χ3n) is 3.21. The van der Waals surface area contributed by atoms with Crippen molar-refractivity contribution in [1.82, 2.24) is 10.2 Å². The fraction of sp³-hybridized carbons (Fsp3) is 0.667. The molecule has 2 heterocycles. The van der Waals surface area contributed by atoms with E-state index in [1.165, 1.54) is 25.7 Å². The Morgan fingerprint density at radius 1 is 1.14 bits per heavy atom. The lowest BCUT2D eigenvalue weighted by Gasteiger charge is -2.21. The van der Waals surface area contributed by atoms with Gasteiger partial charge in [-0.25, -0.2) is 4.79 Å². The van der Waals surface area contributed by atoms with E-state index in [9.17, 15) is 4.79 Å². The van der Waals surface area contributed by atoms with E-state index in [-0.39, 0.29) is 0 Å². The van der Waals surface area contributed by atoms with Crippen molar-refractivity contribution >= 4 is 17.7 Å². The largest absolute Gasteiger partial charge is 0.444 e. The molecule has 1 N–H and O–H groups in total. The first-order valence-electron chi connectivity index (χ1n) is 7.53. The highest BCUT2D eigenvalue weighted by atomic mass is 16.6. The second-order valence-corrected chi connectivity index (χ2v) is 6.30. The average Bonchev–Trinajstić information content (AvgIpc) is 2.66. The zero-order valence-electron chi connectivity index (χ0n) is 13.1. The molecule has 0 atom stereocenters. The Morgan fingerprint density at radius 3 is 2.33 bits per heavy atom. The number of ether oxygens (including phenoxy) is 1. The minimum Gasteiger partial charge on any atom is -0.444 e. The van der Waals surface area contributed by atoms with Crippen LogP contribution in [0.25, 0.3) is 0 Å². The number of nitrogens with zero attached hydrogens (tertiary/aromatic N) is 3. The van der Waals surface area contributed by atoms with Gasteiger partial charge in [0, 0.05) is 13.1 Å². The number of rotatable bonds is 2. The van der Waals surface area contributed by atoms with Gasteiger partial charge in [0.25, 0.3) is 0 Å². The minimum atomic E-state index is -0.524. The van der Waals surface area contributed by atoms with Crippen LogP contribution in [0.1, 0.15) is 46.5 Å². The molecule has 0 bridgehead atoms. The van der Waals surface area contributed by atoms with Crippen molar-refractivity contribution in [2.45, 2.75) is 52.1 Å². The maximum atomic E-state index is 11.6. The molecule has 1 aromatic rings. The SMILES string of the molecule is CC(C)(C)OC(=O)Nc1ccc(N2CCCCCC2)nn1. The van der Waals surface area contributed by atoms with E-state index in [4.69, 9.17) is 4.74 Å². The zero-order chi connectivity index (χ0) is 15.3. The second-order valence-electron chi connectivity index (χ2n) is 6.30. The van der Waals surface area contributed by atoms with Gasteiger partial charge in [0.1, 0.15) is 5.60 Å². The van der Waals surface area contributed by atoms with Gasteiger partial charge < -0.3 is 9.64 Å². The number of carbonyl (C=O) groups excluding carboxylic acids is 1. The maximum Gasteiger partial charge on any atom is 0.413 e. The van der Waals surface area contributed by atoms with E-state index >= 15 is 0 Å². The monoisotopic (exact) mass is 292 g/mol. The number of amides is 1. The summed E-state index contributed by atoms with van der Waals surface area (Å²) in [5.41, 5.74) is -0.524. The van der Waals surface area contributed by atoms with Gasteiger partial charge in [-0.05, 0) is 45.7 Å². The quantitative estimate of drug-likeness (QED) is 0.906. The molecule has 1 saturated heterocycles. The molecule has 116 valence electrons. The third kappa shape index (κ3) is 5.21. The van der Waals surface area contributed by atoms with E-state index in [1.54, 1.807) is 6.07 Å². The van der Waals surface area contributed by atoms with Gasteiger partial charge in [-0.2, -0.15) is 0 Å². The summed E-state index contributed by atoms with van der Waals surface area (Å²) in [6.45, 7) is 7.50. The zero-order valence-corrected chi connectivity index (χ0v) is 13.1. The molecule has 1 fully saturated rings. The van der Waals surface area contributed by atoms with Crippen LogP contribution in [0.3, 0.4) is 0 Å². The van der Waals surface area contributed by atoms with Crippen LogP contribution in [0.5, 0.6) is 0 Å². The summed E-state index contributed by atoms with van der Waals surface area (Å²) in [6.07, 6.45) is 4.43. The van der Waals surface area contributed by atoms with Crippen LogP contribution in [0.15, 0.2) is 12.1 Å². The molecule has 1 aliphatic heterocycles. The van der Waals surface area contributed by atoms with Crippen molar-refractivity contribution < 1.29 is 9.53 Å². The standard InChI is InChI=1S/C15H24N4O2/c1-15(2,3)21-14(20)16-12-8-9-13(18-17-12)19-10-6-4-5-7-11-19/h8-9H,4-7,10-11H2,1-3H3,(H,16,17,20). The molecule has 0 unspecified atom stereocenters. The lowest BCUT2D eigenvalue weighted by atomic mass is 10.2. The highest BCUT2D eigenvalue weighted by Gasteiger charge is 2.17. The van der Waals surface area contributed by atoms with Gasteiger partial charge in [0.15, 0.2) is 11.6 Å². The number of carbonyl (C=O) groups is 1. The smallest absolute Gasteiger partial charge is 0.413 e. The van der Waals surface area contributed by atoms with E-state index in [0.717, 1.165) is 18.9 Å². The molecule has 1 aromatic heterocycles. The molecule has 21 heavy (non-hydrogen) atoms. The van der Waals surface area contributed by atoms with E-state index in [0.29, 0.717) is 5.82 Å². The summed E-state index contributed by atoms with van der Waals surface area (Å²) in [4.78, 5) is 13.9. The first-order valence-corrected chi connectivity index (χ1v) is 7.53. The number of hydrogen-bond donors (Lipinski definition) is 1. The van der Waals surface area contributed by atoms with Crippen LogP contribution in [0.2, 0.25) is 0 Å². The van der Waals surface area contributed by atoms with Gasteiger partial charge >= 0.3 is 6.09 Å². The fourth-order valence-electron chi connectivity index (χ4n) is 2.27.